The van der Waals surface area contributed by atoms with E-state index in [-0.39, 0.29) is 24.5 Å². The third-order valence-corrected chi connectivity index (χ3v) is 3.25. The Morgan fingerprint density at radius 3 is 2.28 bits per heavy atom. The van der Waals surface area contributed by atoms with Crippen LogP contribution in [0.4, 0.5) is 5.69 Å². The van der Waals surface area contributed by atoms with Crippen molar-refractivity contribution < 1.29 is 24.4 Å². The summed E-state index contributed by atoms with van der Waals surface area (Å²) in [5.41, 5.74) is 1.05. The van der Waals surface area contributed by atoms with Crippen molar-refractivity contribution in [1.82, 2.24) is 0 Å². The molecule has 0 unspecified atom stereocenters. The number of carbonyl (C=O) groups is 2. The molecule has 2 rings (SSSR count). The Kier molecular flexibility index (Phi) is 6.00. The van der Waals surface area contributed by atoms with Crippen molar-refractivity contribution in [2.24, 2.45) is 0 Å². The fourth-order valence-electron chi connectivity index (χ4n) is 1.95. The van der Waals surface area contributed by atoms with Gasteiger partial charge in [0.25, 0.3) is 5.69 Å². The number of allylic oxidation sites excluding steroid dienone is 1. The molecule has 0 saturated carbocycles. The number of ketones is 1. The highest BCUT2D eigenvalue weighted by Crippen LogP contribution is 2.15. The highest BCUT2D eigenvalue weighted by atomic mass is 16.6. The Balaban J connectivity index is 1.95. The van der Waals surface area contributed by atoms with Gasteiger partial charge in [-0.05, 0) is 35.9 Å². The fourth-order valence-corrected chi connectivity index (χ4v) is 1.95. The Bertz CT molecular complexity index is 793. The molecule has 25 heavy (non-hydrogen) atoms. The second-order valence-electron chi connectivity index (χ2n) is 5.06. The minimum Gasteiger partial charge on any atom is -0.493 e. The molecule has 0 atom stereocenters. The van der Waals surface area contributed by atoms with E-state index >= 15 is 0 Å². The van der Waals surface area contributed by atoms with Crippen LogP contribution in [0, 0.1) is 10.1 Å². The van der Waals surface area contributed by atoms with E-state index < -0.39 is 10.9 Å². The molecule has 7 nitrogen and oxygen atoms in total. The molecule has 1 N–H and O–H groups in total. The number of ether oxygens (including phenoxy) is 1. The van der Waals surface area contributed by atoms with Crippen LogP contribution in [0.5, 0.6) is 5.75 Å². The van der Waals surface area contributed by atoms with Crippen LogP contribution in [0.3, 0.4) is 0 Å². The van der Waals surface area contributed by atoms with Gasteiger partial charge in [-0.15, -0.1) is 0 Å². The highest BCUT2D eigenvalue weighted by molar-refractivity contribution is 6.06. The van der Waals surface area contributed by atoms with Crippen molar-refractivity contribution in [2.45, 2.75) is 6.42 Å². The standard InChI is InChI=1S/C18H15NO6/c20-17(14-4-6-15(7-5-14)19(23)24)10-3-13-1-8-16(9-2-13)25-12-11-18(21)22/h1-10H,11-12H2,(H,21,22)/b10-3+. The molecule has 0 bridgehead atoms. The van der Waals surface area contributed by atoms with E-state index in [4.69, 9.17) is 9.84 Å². The van der Waals surface area contributed by atoms with Gasteiger partial charge >= 0.3 is 5.97 Å². The van der Waals surface area contributed by atoms with Gasteiger partial charge in [0.2, 0.25) is 0 Å². The van der Waals surface area contributed by atoms with Crippen LogP contribution in [0.2, 0.25) is 0 Å². The summed E-state index contributed by atoms with van der Waals surface area (Å²) in [6.45, 7) is 0.0865. The zero-order chi connectivity index (χ0) is 18.2. The number of carboxylic acids is 1. The van der Waals surface area contributed by atoms with Crippen molar-refractivity contribution in [1.29, 1.82) is 0 Å². The van der Waals surface area contributed by atoms with E-state index in [1.165, 1.54) is 30.3 Å². The van der Waals surface area contributed by atoms with E-state index in [1.54, 1.807) is 30.3 Å². The largest absolute Gasteiger partial charge is 0.493 e. The first-order valence-corrected chi connectivity index (χ1v) is 7.37. The van der Waals surface area contributed by atoms with Crippen LogP contribution in [-0.2, 0) is 4.79 Å². The summed E-state index contributed by atoms with van der Waals surface area (Å²) < 4.78 is 5.27. The number of carbonyl (C=O) groups excluding carboxylic acids is 1. The lowest BCUT2D eigenvalue weighted by Gasteiger charge is -2.04. The number of hydrogen-bond acceptors (Lipinski definition) is 5. The molecule has 0 aliphatic rings. The first-order chi connectivity index (χ1) is 12.0. The Labute approximate surface area is 143 Å². The van der Waals surface area contributed by atoms with E-state index in [1.807, 2.05) is 0 Å². The van der Waals surface area contributed by atoms with Gasteiger partial charge in [0.15, 0.2) is 5.78 Å². The number of rotatable bonds is 8. The summed E-state index contributed by atoms with van der Waals surface area (Å²) in [7, 11) is 0. The molecule has 0 heterocycles. The number of aliphatic carboxylic acids is 1. The normalized spacial score (nSPS) is 10.6. The molecular weight excluding hydrogens is 326 g/mol. The van der Waals surface area contributed by atoms with Crippen molar-refractivity contribution in [3.63, 3.8) is 0 Å². The number of benzene rings is 2. The molecular formula is C18H15NO6. The highest BCUT2D eigenvalue weighted by Gasteiger charge is 2.07. The van der Waals surface area contributed by atoms with Gasteiger partial charge in [-0.1, -0.05) is 18.2 Å². The summed E-state index contributed by atoms with van der Waals surface area (Å²) in [5, 5.41) is 19.1. The predicted octanol–water partition coefficient (Wildman–Crippen LogP) is 3.34. The average Bonchev–Trinajstić information content (AvgIpc) is 2.60. The molecule has 0 amide bonds. The molecule has 2 aromatic carbocycles. The maximum Gasteiger partial charge on any atom is 0.306 e. The summed E-state index contributed by atoms with van der Waals surface area (Å²) in [5.74, 6) is -0.652. The third-order valence-electron chi connectivity index (χ3n) is 3.25. The zero-order valence-corrected chi connectivity index (χ0v) is 13.1. The van der Waals surface area contributed by atoms with Crippen LogP contribution < -0.4 is 4.74 Å². The molecule has 0 saturated heterocycles. The minimum absolute atomic E-state index is 0.0704. The van der Waals surface area contributed by atoms with Gasteiger partial charge in [-0.25, -0.2) is 0 Å². The number of nitro groups is 1. The summed E-state index contributed by atoms with van der Waals surface area (Å²) in [6, 6.07) is 12.2. The van der Waals surface area contributed by atoms with Crippen LogP contribution in [0.25, 0.3) is 6.08 Å². The quantitative estimate of drug-likeness (QED) is 0.341. The Hall–Kier alpha value is -3.48. The molecule has 128 valence electrons. The van der Waals surface area contributed by atoms with Crippen LogP contribution in [0.1, 0.15) is 22.3 Å². The first kappa shape index (κ1) is 17.9. The van der Waals surface area contributed by atoms with E-state index in [0.29, 0.717) is 11.3 Å². The smallest absolute Gasteiger partial charge is 0.306 e. The number of carboxylic acid groups (broad SMARTS) is 1. The van der Waals surface area contributed by atoms with E-state index in [2.05, 4.69) is 0 Å². The lowest BCUT2D eigenvalue weighted by molar-refractivity contribution is -0.384. The zero-order valence-electron chi connectivity index (χ0n) is 13.1. The van der Waals surface area contributed by atoms with Crippen molar-refractivity contribution >= 4 is 23.5 Å². The Morgan fingerprint density at radius 1 is 1.08 bits per heavy atom. The van der Waals surface area contributed by atoms with Crippen molar-refractivity contribution in [3.05, 3.63) is 75.8 Å². The molecule has 7 heteroatoms. The van der Waals surface area contributed by atoms with Crippen molar-refractivity contribution in [2.75, 3.05) is 6.61 Å². The maximum absolute atomic E-state index is 12.0. The number of hydrogen-bond donors (Lipinski definition) is 1. The van der Waals surface area contributed by atoms with Crippen LogP contribution in [-0.4, -0.2) is 28.4 Å². The van der Waals surface area contributed by atoms with E-state index in [0.717, 1.165) is 5.56 Å². The summed E-state index contributed by atoms with van der Waals surface area (Å²) in [6.07, 6.45) is 2.91. The molecule has 2 aromatic rings. The topological polar surface area (TPSA) is 107 Å². The average molecular weight is 341 g/mol. The predicted molar refractivity (Wildman–Crippen MR) is 90.7 cm³/mol. The molecule has 0 spiro atoms. The van der Waals surface area contributed by atoms with Gasteiger partial charge in [0, 0.05) is 17.7 Å². The molecule has 0 aromatic heterocycles. The SMILES string of the molecule is O=C(O)CCOc1ccc(/C=C/C(=O)c2ccc([N+](=O)[O-])cc2)cc1. The van der Waals surface area contributed by atoms with Crippen LogP contribution in [0.15, 0.2) is 54.6 Å². The monoisotopic (exact) mass is 341 g/mol. The van der Waals surface area contributed by atoms with Crippen molar-refractivity contribution in [3.8, 4) is 5.75 Å². The van der Waals surface area contributed by atoms with Gasteiger partial charge in [0.1, 0.15) is 5.75 Å². The molecule has 0 aliphatic carbocycles. The fraction of sp³-hybridized carbons (Fsp3) is 0.111. The van der Waals surface area contributed by atoms with Gasteiger partial charge in [-0.3, -0.25) is 19.7 Å². The summed E-state index contributed by atoms with van der Waals surface area (Å²) in [4.78, 5) is 32.5. The number of non-ortho nitro benzene ring substituents is 1. The van der Waals surface area contributed by atoms with Gasteiger partial charge in [0.05, 0.1) is 18.0 Å². The Morgan fingerprint density at radius 2 is 1.72 bits per heavy atom. The van der Waals surface area contributed by atoms with Gasteiger partial charge in [-0.2, -0.15) is 0 Å². The number of nitro benzene ring substituents is 1. The second kappa shape index (κ2) is 8.39. The lowest BCUT2D eigenvalue weighted by atomic mass is 10.1. The maximum atomic E-state index is 12.0. The molecule has 0 radical (unpaired) electrons. The van der Waals surface area contributed by atoms with Gasteiger partial charge < -0.3 is 9.84 Å². The van der Waals surface area contributed by atoms with E-state index in [9.17, 15) is 19.7 Å². The minimum atomic E-state index is -0.927. The second-order valence-corrected chi connectivity index (χ2v) is 5.06. The number of nitrogens with zero attached hydrogens (tertiary/aromatic N) is 1. The molecule has 0 fully saturated rings. The van der Waals surface area contributed by atoms with Crippen LogP contribution >= 0.6 is 0 Å². The first-order valence-electron chi connectivity index (χ1n) is 7.37. The summed E-state index contributed by atoms with van der Waals surface area (Å²) >= 11 is 0. The lowest BCUT2D eigenvalue weighted by Crippen LogP contribution is -2.04. The third kappa shape index (κ3) is 5.58. The molecule has 0 aliphatic heterocycles.